The number of hydrogen-bond acceptors (Lipinski definition) is 8. The fraction of sp³-hybridized carbons (Fsp3) is 0.500. The third kappa shape index (κ3) is 3.11. The van der Waals surface area contributed by atoms with Crippen LogP contribution < -0.4 is 16.9 Å². The van der Waals surface area contributed by atoms with E-state index in [2.05, 4.69) is 14.5 Å². The van der Waals surface area contributed by atoms with Gasteiger partial charge in [-0.3, -0.25) is 24.3 Å². The van der Waals surface area contributed by atoms with Gasteiger partial charge in [0.25, 0.3) is 5.56 Å². The molecule has 3 heterocycles. The first-order chi connectivity index (χ1) is 11.6. The third-order valence-electron chi connectivity index (χ3n) is 3.62. The van der Waals surface area contributed by atoms with Crippen LogP contribution in [0.5, 0.6) is 0 Å². The molecule has 25 heavy (non-hydrogen) atoms. The van der Waals surface area contributed by atoms with Gasteiger partial charge >= 0.3 is 19.2 Å². The van der Waals surface area contributed by atoms with Crippen LogP contribution in [-0.4, -0.2) is 64.4 Å². The Morgan fingerprint density at radius 1 is 1.20 bits per heavy atom. The Hall–Kier alpha value is -2.06. The summed E-state index contributed by atoms with van der Waals surface area (Å²) >= 11 is 0. The quantitative estimate of drug-likeness (QED) is 0.259. The zero-order valence-electron chi connectivity index (χ0n) is 12.1. The van der Waals surface area contributed by atoms with Gasteiger partial charge in [-0.15, -0.1) is 0 Å². The minimum Gasteiger partial charge on any atom is -0.394 e. The summed E-state index contributed by atoms with van der Waals surface area (Å²) in [4.78, 5) is 59.3. The summed E-state index contributed by atoms with van der Waals surface area (Å²) in [5.41, 5.74) is -3.39. The number of aromatic nitrogens is 4. The Balaban J connectivity index is 2.11. The zero-order chi connectivity index (χ0) is 18.5. The number of nitrogens with one attached hydrogen (secondary N) is 3. The van der Waals surface area contributed by atoms with Crippen LogP contribution in [0.25, 0.3) is 11.2 Å². The number of nitrogens with zero attached hydrogens (tertiary/aromatic N) is 1. The second kappa shape index (κ2) is 6.03. The summed E-state index contributed by atoms with van der Waals surface area (Å²) in [6.07, 6.45) is -6.43. The highest BCUT2D eigenvalue weighted by molar-refractivity contribution is 7.46. The van der Waals surface area contributed by atoms with E-state index in [0.717, 1.165) is 0 Å². The Morgan fingerprint density at radius 2 is 1.88 bits per heavy atom. The first-order valence-electron chi connectivity index (χ1n) is 6.77. The van der Waals surface area contributed by atoms with Crippen molar-refractivity contribution in [2.24, 2.45) is 0 Å². The van der Waals surface area contributed by atoms with Gasteiger partial charge in [-0.2, -0.15) is 0 Å². The average Bonchev–Trinajstić information content (AvgIpc) is 2.96. The fourth-order valence-electron chi connectivity index (χ4n) is 2.65. The molecular weight excluding hydrogens is 367 g/mol. The Labute approximate surface area is 135 Å². The average molecular weight is 380 g/mol. The summed E-state index contributed by atoms with van der Waals surface area (Å²) in [6.45, 7) is -0.785. The molecule has 4 atom stereocenters. The number of ether oxygens (including phenoxy) is 1. The molecule has 0 amide bonds. The molecule has 0 unspecified atom stereocenters. The number of phosphoric ester groups is 1. The molecule has 0 aromatic carbocycles. The maximum absolute atomic E-state index is 12.1. The molecule has 1 fully saturated rings. The number of rotatable bonds is 4. The van der Waals surface area contributed by atoms with Gasteiger partial charge in [0.05, 0.1) is 6.61 Å². The monoisotopic (exact) mass is 380 g/mol. The second-order valence-corrected chi connectivity index (χ2v) is 6.42. The summed E-state index contributed by atoms with van der Waals surface area (Å²) in [7, 11) is -5.04. The van der Waals surface area contributed by atoms with E-state index in [1.54, 1.807) is 0 Å². The highest BCUT2D eigenvalue weighted by atomic mass is 31.2. The van der Waals surface area contributed by atoms with Crippen molar-refractivity contribution in [3.63, 3.8) is 0 Å². The van der Waals surface area contributed by atoms with Gasteiger partial charge in [0.2, 0.25) is 0 Å². The lowest BCUT2D eigenvalue weighted by molar-refractivity contribution is -0.0523. The van der Waals surface area contributed by atoms with E-state index in [1.165, 1.54) is 0 Å². The second-order valence-electron chi connectivity index (χ2n) is 5.23. The zero-order valence-corrected chi connectivity index (χ0v) is 13.0. The van der Waals surface area contributed by atoms with Crippen LogP contribution in [-0.2, 0) is 13.8 Å². The smallest absolute Gasteiger partial charge is 0.394 e. The van der Waals surface area contributed by atoms with Crippen molar-refractivity contribution in [1.29, 1.82) is 0 Å². The molecule has 1 aliphatic rings. The highest BCUT2D eigenvalue weighted by Crippen LogP contribution is 2.43. The molecule has 0 aliphatic carbocycles. The van der Waals surface area contributed by atoms with Crippen molar-refractivity contribution in [3.05, 3.63) is 31.3 Å². The van der Waals surface area contributed by atoms with Gasteiger partial charge in [0.15, 0.2) is 17.4 Å². The maximum Gasteiger partial charge on any atom is 0.470 e. The van der Waals surface area contributed by atoms with Crippen LogP contribution in [0.4, 0.5) is 0 Å². The molecule has 0 radical (unpaired) electrons. The molecule has 1 saturated heterocycles. The molecule has 3 rings (SSSR count). The molecule has 7 N–H and O–H groups in total. The third-order valence-corrected chi connectivity index (χ3v) is 4.14. The number of phosphoric acid groups is 1. The van der Waals surface area contributed by atoms with E-state index in [0.29, 0.717) is 4.57 Å². The molecule has 0 saturated carbocycles. The normalized spacial score (nSPS) is 27.2. The number of H-pyrrole nitrogens is 3. The molecule has 2 aromatic rings. The molecule has 15 heteroatoms. The Kier molecular flexibility index (Phi) is 4.28. The van der Waals surface area contributed by atoms with E-state index in [4.69, 9.17) is 14.5 Å². The van der Waals surface area contributed by atoms with E-state index in [1.807, 2.05) is 4.98 Å². The lowest BCUT2D eigenvalue weighted by Crippen LogP contribution is -2.36. The van der Waals surface area contributed by atoms with Crippen molar-refractivity contribution < 1.29 is 33.8 Å². The van der Waals surface area contributed by atoms with E-state index >= 15 is 0 Å². The van der Waals surface area contributed by atoms with Crippen molar-refractivity contribution in [3.8, 4) is 0 Å². The molecular formula is C10H13N4O10P. The molecule has 2 aromatic heterocycles. The standard InChI is InChI=1S/C10H13N4O10P/c15-1-2-5(24-25(20,21)22)4(16)8(23-2)14-6-3(11-10(14)19)7(17)13-9(18)12-6/h2,4-5,8,15-16H,1H2,(H,11,19)(H2,20,21,22)(H2,12,13,17,18)/t2-,4-,5-,8-/m1/s1. The number of aliphatic hydroxyl groups excluding tert-OH is 2. The first-order valence-corrected chi connectivity index (χ1v) is 8.30. The van der Waals surface area contributed by atoms with E-state index in [-0.39, 0.29) is 11.2 Å². The number of hydrogen-bond donors (Lipinski definition) is 7. The van der Waals surface area contributed by atoms with Crippen LogP contribution in [0.15, 0.2) is 14.4 Å². The number of fused-ring (bicyclic) bond motifs is 1. The summed E-state index contributed by atoms with van der Waals surface area (Å²) in [5.74, 6) is 0. The van der Waals surface area contributed by atoms with Gasteiger partial charge in [0.1, 0.15) is 18.3 Å². The molecule has 138 valence electrons. The van der Waals surface area contributed by atoms with Crippen LogP contribution in [0.1, 0.15) is 6.23 Å². The van der Waals surface area contributed by atoms with Gasteiger partial charge in [-0.25, -0.2) is 18.7 Å². The minimum absolute atomic E-state index is 0.305. The van der Waals surface area contributed by atoms with Crippen LogP contribution in [0.2, 0.25) is 0 Å². The molecule has 14 nitrogen and oxygen atoms in total. The lowest BCUT2D eigenvalue weighted by Gasteiger charge is -2.19. The van der Waals surface area contributed by atoms with Crippen LogP contribution in [0.3, 0.4) is 0 Å². The number of aliphatic hydroxyl groups is 2. The minimum atomic E-state index is -5.04. The topological polar surface area (TPSA) is 220 Å². The largest absolute Gasteiger partial charge is 0.470 e. The van der Waals surface area contributed by atoms with E-state index in [9.17, 15) is 29.2 Å². The van der Waals surface area contributed by atoms with Crippen molar-refractivity contribution >= 4 is 19.0 Å². The predicted octanol–water partition coefficient (Wildman–Crippen LogP) is -3.57. The lowest BCUT2D eigenvalue weighted by atomic mass is 10.1. The summed E-state index contributed by atoms with van der Waals surface area (Å²) in [6, 6.07) is 0. The predicted molar refractivity (Wildman–Crippen MR) is 77.7 cm³/mol. The van der Waals surface area contributed by atoms with E-state index < -0.39 is 55.9 Å². The van der Waals surface area contributed by atoms with Gasteiger partial charge in [-0.1, -0.05) is 0 Å². The number of aromatic amines is 3. The van der Waals surface area contributed by atoms with Crippen molar-refractivity contribution in [2.75, 3.05) is 6.61 Å². The number of imidazole rings is 1. The van der Waals surface area contributed by atoms with Crippen molar-refractivity contribution in [1.82, 2.24) is 19.5 Å². The van der Waals surface area contributed by atoms with Crippen LogP contribution >= 0.6 is 7.82 Å². The van der Waals surface area contributed by atoms with Gasteiger partial charge < -0.3 is 24.7 Å². The Bertz CT molecular complexity index is 1010. The van der Waals surface area contributed by atoms with Crippen LogP contribution in [0, 0.1) is 0 Å². The fourth-order valence-corrected chi connectivity index (χ4v) is 3.23. The van der Waals surface area contributed by atoms with Gasteiger partial charge in [-0.05, 0) is 0 Å². The molecule has 0 spiro atoms. The highest BCUT2D eigenvalue weighted by Gasteiger charge is 2.49. The van der Waals surface area contributed by atoms with Gasteiger partial charge in [0, 0.05) is 0 Å². The molecule has 1 aliphatic heterocycles. The van der Waals surface area contributed by atoms with Crippen molar-refractivity contribution in [2.45, 2.75) is 24.5 Å². The maximum atomic E-state index is 12.1. The molecule has 0 bridgehead atoms. The SMILES string of the molecule is O=c1[nH]c(=O)c2[nH]c(=O)n([C@@H]3O[C@H](CO)[C@@H](OP(=O)(O)O)[C@H]3O)c2[nH]1. The Morgan fingerprint density at radius 3 is 2.48 bits per heavy atom. The summed E-state index contributed by atoms with van der Waals surface area (Å²) < 4.78 is 21.3. The first kappa shape index (κ1) is 17.8. The summed E-state index contributed by atoms with van der Waals surface area (Å²) in [5, 5.41) is 19.5.